The molecule has 4 nitrogen and oxygen atoms in total. The predicted molar refractivity (Wildman–Crippen MR) is 36.5 cm³/mol. The van der Waals surface area contributed by atoms with E-state index in [4.69, 9.17) is 5.41 Å². The first-order valence-electron chi connectivity index (χ1n) is 2.90. The lowest BCUT2D eigenvalue weighted by Crippen LogP contribution is -2.38. The van der Waals surface area contributed by atoms with E-state index < -0.39 is 0 Å². The zero-order valence-corrected chi connectivity index (χ0v) is 5.96. The molecule has 0 unspecified atom stereocenters. The predicted octanol–water partition coefficient (Wildman–Crippen LogP) is -0.797. The molecular formula is C6H9N3O. The lowest BCUT2D eigenvalue weighted by molar-refractivity contribution is 0.715. The summed E-state index contributed by atoms with van der Waals surface area (Å²) in [5, 5.41) is 7.21. The van der Waals surface area contributed by atoms with Crippen molar-refractivity contribution in [1.29, 1.82) is 5.41 Å². The van der Waals surface area contributed by atoms with E-state index in [0.717, 1.165) is 0 Å². The molecule has 10 heavy (non-hydrogen) atoms. The van der Waals surface area contributed by atoms with Crippen LogP contribution >= 0.6 is 0 Å². The number of hydrogen-bond donors (Lipinski definition) is 1. The van der Waals surface area contributed by atoms with Crippen molar-refractivity contribution in [1.82, 2.24) is 9.13 Å². The SMILES string of the molecule is Cn1ccn(C)c(=O)c1=N. The Labute approximate surface area is 57.9 Å². The van der Waals surface area contributed by atoms with Crippen molar-refractivity contribution >= 4 is 0 Å². The van der Waals surface area contributed by atoms with Gasteiger partial charge in [0.2, 0.25) is 0 Å². The van der Waals surface area contributed by atoms with Crippen molar-refractivity contribution in [3.05, 3.63) is 28.2 Å². The molecule has 1 aromatic rings. The summed E-state index contributed by atoms with van der Waals surface area (Å²) >= 11 is 0. The molecule has 0 amide bonds. The van der Waals surface area contributed by atoms with Crippen molar-refractivity contribution in [3.8, 4) is 0 Å². The molecule has 1 rings (SSSR count). The van der Waals surface area contributed by atoms with E-state index in [1.165, 1.54) is 9.13 Å². The molecule has 0 spiro atoms. The molecule has 1 N–H and O–H groups in total. The van der Waals surface area contributed by atoms with Crippen molar-refractivity contribution in [3.63, 3.8) is 0 Å². The molecular weight excluding hydrogens is 130 g/mol. The van der Waals surface area contributed by atoms with Gasteiger partial charge in [-0.05, 0) is 0 Å². The van der Waals surface area contributed by atoms with Gasteiger partial charge in [0.25, 0.3) is 5.56 Å². The number of aromatic nitrogens is 2. The van der Waals surface area contributed by atoms with Gasteiger partial charge in [-0.1, -0.05) is 0 Å². The fourth-order valence-electron chi connectivity index (χ4n) is 0.660. The Balaban J connectivity index is 3.67. The van der Waals surface area contributed by atoms with Crippen LogP contribution in [0.2, 0.25) is 0 Å². The number of nitrogens with one attached hydrogen (secondary N) is 1. The molecule has 0 atom stereocenters. The maximum absolute atomic E-state index is 10.9. The monoisotopic (exact) mass is 139 g/mol. The van der Waals surface area contributed by atoms with E-state index in [0.29, 0.717) is 0 Å². The van der Waals surface area contributed by atoms with Crippen molar-refractivity contribution < 1.29 is 0 Å². The maximum atomic E-state index is 10.9. The average Bonchev–Trinajstić information content (AvgIpc) is 1.93. The molecule has 0 saturated heterocycles. The Morgan fingerprint density at radius 1 is 1.30 bits per heavy atom. The van der Waals surface area contributed by atoms with Crippen molar-refractivity contribution in [2.24, 2.45) is 14.1 Å². The topological polar surface area (TPSA) is 50.8 Å². The molecule has 0 saturated carbocycles. The average molecular weight is 139 g/mol. The number of rotatable bonds is 0. The molecule has 0 fully saturated rings. The van der Waals surface area contributed by atoms with Gasteiger partial charge in [-0.3, -0.25) is 10.2 Å². The molecule has 54 valence electrons. The van der Waals surface area contributed by atoms with E-state index in [1.807, 2.05) is 0 Å². The summed E-state index contributed by atoms with van der Waals surface area (Å²) in [6.45, 7) is 0. The van der Waals surface area contributed by atoms with Crippen LogP contribution in [0.15, 0.2) is 17.2 Å². The summed E-state index contributed by atoms with van der Waals surface area (Å²) in [4.78, 5) is 10.9. The van der Waals surface area contributed by atoms with E-state index in [2.05, 4.69) is 0 Å². The van der Waals surface area contributed by atoms with E-state index in [-0.39, 0.29) is 11.0 Å². The third kappa shape index (κ3) is 0.877. The first-order valence-corrected chi connectivity index (χ1v) is 2.90. The fraction of sp³-hybridized carbons (Fsp3) is 0.333. The molecule has 1 aromatic heterocycles. The van der Waals surface area contributed by atoms with Crippen LogP contribution in [0.4, 0.5) is 0 Å². The molecule has 1 heterocycles. The third-order valence-electron chi connectivity index (χ3n) is 1.39. The van der Waals surface area contributed by atoms with Crippen LogP contribution in [0, 0.1) is 5.41 Å². The van der Waals surface area contributed by atoms with Crippen LogP contribution in [-0.2, 0) is 14.1 Å². The Hall–Kier alpha value is -1.32. The second-order valence-electron chi connectivity index (χ2n) is 2.17. The second-order valence-corrected chi connectivity index (χ2v) is 2.17. The van der Waals surface area contributed by atoms with Crippen molar-refractivity contribution in [2.75, 3.05) is 0 Å². The van der Waals surface area contributed by atoms with Gasteiger partial charge < -0.3 is 9.13 Å². The second kappa shape index (κ2) is 2.13. The minimum atomic E-state index is -0.273. The van der Waals surface area contributed by atoms with Gasteiger partial charge in [0, 0.05) is 26.5 Å². The molecule has 0 aromatic carbocycles. The smallest absolute Gasteiger partial charge is 0.292 e. The lowest BCUT2D eigenvalue weighted by Gasteiger charge is -1.98. The van der Waals surface area contributed by atoms with Gasteiger partial charge in [0.15, 0.2) is 5.49 Å². The maximum Gasteiger partial charge on any atom is 0.292 e. The minimum Gasteiger partial charge on any atom is -0.331 e. The van der Waals surface area contributed by atoms with Gasteiger partial charge in [-0.25, -0.2) is 0 Å². The molecule has 0 bridgehead atoms. The Bertz CT molecular complexity index is 312. The molecule has 4 heteroatoms. The highest BCUT2D eigenvalue weighted by molar-refractivity contribution is 4.80. The van der Waals surface area contributed by atoms with Crippen LogP contribution < -0.4 is 11.0 Å². The lowest BCUT2D eigenvalue weighted by atomic mass is 10.6. The van der Waals surface area contributed by atoms with E-state index in [9.17, 15) is 4.79 Å². The molecule has 0 radical (unpaired) electrons. The highest BCUT2D eigenvalue weighted by Gasteiger charge is 1.91. The molecule has 0 aliphatic carbocycles. The summed E-state index contributed by atoms with van der Waals surface area (Å²) < 4.78 is 2.85. The first kappa shape index (κ1) is 6.80. The van der Waals surface area contributed by atoms with Crippen LogP contribution in [-0.4, -0.2) is 9.13 Å². The summed E-state index contributed by atoms with van der Waals surface area (Å²) in [7, 11) is 3.30. The quantitative estimate of drug-likeness (QED) is 0.503. The number of hydrogen-bond acceptors (Lipinski definition) is 2. The largest absolute Gasteiger partial charge is 0.331 e. The number of nitrogens with zero attached hydrogens (tertiary/aromatic N) is 2. The van der Waals surface area contributed by atoms with Crippen LogP contribution in [0.5, 0.6) is 0 Å². The third-order valence-corrected chi connectivity index (χ3v) is 1.39. The number of aryl methyl sites for hydroxylation is 2. The zero-order chi connectivity index (χ0) is 7.72. The Morgan fingerprint density at radius 2 is 1.80 bits per heavy atom. The van der Waals surface area contributed by atoms with Crippen molar-refractivity contribution in [2.45, 2.75) is 0 Å². The van der Waals surface area contributed by atoms with Gasteiger partial charge in [0.05, 0.1) is 0 Å². The normalized spacial score (nSPS) is 9.80. The highest BCUT2D eigenvalue weighted by atomic mass is 16.1. The first-order chi connectivity index (χ1) is 4.63. The van der Waals surface area contributed by atoms with Gasteiger partial charge in [0.1, 0.15) is 0 Å². The fourth-order valence-corrected chi connectivity index (χ4v) is 0.660. The summed E-state index contributed by atoms with van der Waals surface area (Å²) in [6, 6.07) is 0. The summed E-state index contributed by atoms with van der Waals surface area (Å²) in [5.74, 6) is 0. The Morgan fingerprint density at radius 3 is 2.30 bits per heavy atom. The van der Waals surface area contributed by atoms with Gasteiger partial charge in [-0.2, -0.15) is 0 Å². The van der Waals surface area contributed by atoms with Gasteiger partial charge in [-0.15, -0.1) is 0 Å². The van der Waals surface area contributed by atoms with Gasteiger partial charge >= 0.3 is 0 Å². The molecule has 0 aliphatic heterocycles. The van der Waals surface area contributed by atoms with Crippen LogP contribution in [0.3, 0.4) is 0 Å². The summed E-state index contributed by atoms with van der Waals surface area (Å²) in [5.41, 5.74) is -0.269. The standard InChI is InChI=1S/C6H9N3O/c1-8-3-4-9(2)6(10)5(8)7/h3-4,7H,1-2H3. The summed E-state index contributed by atoms with van der Waals surface area (Å²) in [6.07, 6.45) is 3.30. The zero-order valence-electron chi connectivity index (χ0n) is 5.96. The highest BCUT2D eigenvalue weighted by Crippen LogP contribution is 1.68. The Kier molecular flexibility index (Phi) is 1.45. The van der Waals surface area contributed by atoms with E-state index in [1.54, 1.807) is 26.5 Å². The van der Waals surface area contributed by atoms with Crippen LogP contribution in [0.1, 0.15) is 0 Å². The minimum absolute atomic E-state index is 0.00463. The molecule has 0 aliphatic rings. The van der Waals surface area contributed by atoms with E-state index >= 15 is 0 Å². The van der Waals surface area contributed by atoms with Crippen LogP contribution in [0.25, 0.3) is 0 Å².